The molecule has 1 aromatic carbocycles. The quantitative estimate of drug-likeness (QED) is 0.539. The van der Waals surface area contributed by atoms with Crippen LogP contribution in [0.1, 0.15) is 109 Å². The lowest BCUT2D eigenvalue weighted by atomic mass is 9.85. The van der Waals surface area contributed by atoms with E-state index in [1.54, 1.807) is 0 Å². The van der Waals surface area contributed by atoms with E-state index in [0.717, 1.165) is 0 Å². The molecule has 0 unspecified atom stereocenters. The first-order valence-electron chi connectivity index (χ1n) is 7.90. The molecule has 0 aliphatic rings. The second-order valence-electron chi connectivity index (χ2n) is 6.50. The Labute approximate surface area is 129 Å². The number of rotatable bonds is 3. The van der Waals surface area contributed by atoms with E-state index in [1.807, 2.05) is 0 Å². The van der Waals surface area contributed by atoms with Crippen molar-refractivity contribution in [2.75, 3.05) is 0 Å². The summed E-state index contributed by atoms with van der Waals surface area (Å²) >= 11 is 0. The third kappa shape index (κ3) is 6.11. The summed E-state index contributed by atoms with van der Waals surface area (Å²) in [6, 6.07) is 4.80. The van der Waals surface area contributed by atoms with Gasteiger partial charge in [-0.1, -0.05) is 81.4 Å². The second kappa shape index (κ2) is 10.0. The fourth-order valence-electron chi connectivity index (χ4n) is 2.32. The van der Waals surface area contributed by atoms with Crippen LogP contribution >= 0.6 is 0 Å². The number of benzene rings is 1. The van der Waals surface area contributed by atoms with Crippen molar-refractivity contribution < 1.29 is 0 Å². The van der Waals surface area contributed by atoms with Crippen LogP contribution in [-0.4, -0.2) is 0 Å². The molecule has 0 nitrogen and oxygen atoms in total. The Bertz CT molecular complexity index is 341. The summed E-state index contributed by atoms with van der Waals surface area (Å²) in [4.78, 5) is 0. The van der Waals surface area contributed by atoms with E-state index in [4.69, 9.17) is 0 Å². The fourth-order valence-corrected chi connectivity index (χ4v) is 2.32. The Balaban J connectivity index is 0. The largest absolute Gasteiger partial charge is 0.0776 e. The van der Waals surface area contributed by atoms with Crippen LogP contribution in [0.2, 0.25) is 0 Å². The van der Waals surface area contributed by atoms with Crippen molar-refractivity contribution in [2.24, 2.45) is 0 Å². The molecule has 0 heterocycles. The SMILES string of the molecule is C.CCC.Cc1c(C(C)C)cc(C(C)C)cc1C(C)C. The number of hydrogen-bond acceptors (Lipinski definition) is 0. The standard InChI is InChI=1S/C16H26.C3H8.CH4/c1-10(2)14-8-15(11(3)4)13(7)16(9-14)12(5)6;1-3-2;/h8-12H,1-7H3;3H2,1-2H3;1H4. The van der Waals surface area contributed by atoms with Crippen molar-refractivity contribution in [3.8, 4) is 0 Å². The van der Waals surface area contributed by atoms with Crippen molar-refractivity contribution in [1.29, 1.82) is 0 Å². The molecule has 1 rings (SSSR count). The van der Waals surface area contributed by atoms with Gasteiger partial charge in [0, 0.05) is 0 Å². The molecule has 0 saturated carbocycles. The molecule has 118 valence electrons. The van der Waals surface area contributed by atoms with Gasteiger partial charge < -0.3 is 0 Å². The first kappa shape index (κ1) is 21.5. The van der Waals surface area contributed by atoms with E-state index in [-0.39, 0.29) is 7.43 Å². The van der Waals surface area contributed by atoms with Crippen LogP contribution in [0.4, 0.5) is 0 Å². The highest BCUT2D eigenvalue weighted by Gasteiger charge is 2.13. The highest BCUT2D eigenvalue weighted by molar-refractivity contribution is 5.42. The average molecular weight is 279 g/mol. The molecule has 0 aromatic heterocycles. The first-order chi connectivity index (χ1) is 8.76. The van der Waals surface area contributed by atoms with Gasteiger partial charge in [0.15, 0.2) is 0 Å². The average Bonchev–Trinajstić information content (AvgIpc) is 2.29. The predicted octanol–water partition coefficient (Wildman–Crippen LogP) is 7.42. The summed E-state index contributed by atoms with van der Waals surface area (Å²) in [5, 5.41) is 0. The summed E-state index contributed by atoms with van der Waals surface area (Å²) in [7, 11) is 0. The normalized spacial score (nSPS) is 10.4. The van der Waals surface area contributed by atoms with Gasteiger partial charge in [0.05, 0.1) is 0 Å². The van der Waals surface area contributed by atoms with Crippen LogP contribution in [-0.2, 0) is 0 Å². The maximum absolute atomic E-state index is 2.40. The van der Waals surface area contributed by atoms with Crippen molar-refractivity contribution in [3.05, 3.63) is 34.4 Å². The van der Waals surface area contributed by atoms with E-state index < -0.39 is 0 Å². The Morgan fingerprint density at radius 1 is 0.750 bits per heavy atom. The first-order valence-corrected chi connectivity index (χ1v) is 7.90. The molecular weight excluding hydrogens is 240 g/mol. The van der Waals surface area contributed by atoms with Crippen LogP contribution < -0.4 is 0 Å². The van der Waals surface area contributed by atoms with Gasteiger partial charge in [-0.25, -0.2) is 0 Å². The van der Waals surface area contributed by atoms with Crippen LogP contribution in [0.3, 0.4) is 0 Å². The van der Waals surface area contributed by atoms with Crippen molar-refractivity contribution in [2.45, 2.75) is 93.9 Å². The molecule has 0 heteroatoms. The highest BCUT2D eigenvalue weighted by Crippen LogP contribution is 2.31. The van der Waals surface area contributed by atoms with E-state index in [1.165, 1.54) is 28.7 Å². The minimum Gasteiger partial charge on any atom is -0.0776 e. The topological polar surface area (TPSA) is 0 Å². The Hall–Kier alpha value is -0.780. The zero-order chi connectivity index (χ0) is 15.2. The Morgan fingerprint density at radius 3 is 1.25 bits per heavy atom. The summed E-state index contributed by atoms with van der Waals surface area (Å²) in [5.41, 5.74) is 6.03. The third-order valence-electron chi connectivity index (χ3n) is 3.42. The lowest BCUT2D eigenvalue weighted by Gasteiger charge is -2.20. The predicted molar refractivity (Wildman–Crippen MR) is 96.1 cm³/mol. The van der Waals surface area contributed by atoms with Gasteiger partial charge in [0.25, 0.3) is 0 Å². The van der Waals surface area contributed by atoms with Gasteiger partial charge in [-0.2, -0.15) is 0 Å². The van der Waals surface area contributed by atoms with E-state index in [0.29, 0.717) is 17.8 Å². The lowest BCUT2D eigenvalue weighted by molar-refractivity contribution is 0.792. The molecule has 0 aliphatic carbocycles. The molecule has 0 fully saturated rings. The monoisotopic (exact) mass is 278 g/mol. The summed E-state index contributed by atoms with van der Waals surface area (Å²) in [6.07, 6.45) is 1.25. The third-order valence-corrected chi connectivity index (χ3v) is 3.42. The molecule has 20 heavy (non-hydrogen) atoms. The molecule has 0 N–H and O–H groups in total. The van der Waals surface area contributed by atoms with E-state index in [2.05, 4.69) is 74.4 Å². The minimum absolute atomic E-state index is 0. The maximum Gasteiger partial charge on any atom is -0.0216 e. The second-order valence-corrected chi connectivity index (χ2v) is 6.50. The molecule has 0 saturated heterocycles. The van der Waals surface area contributed by atoms with Crippen molar-refractivity contribution in [3.63, 3.8) is 0 Å². The van der Waals surface area contributed by atoms with Gasteiger partial charge in [-0.05, 0) is 46.9 Å². The van der Waals surface area contributed by atoms with Gasteiger partial charge in [-0.15, -0.1) is 0 Å². The molecule has 0 atom stereocenters. The smallest absolute Gasteiger partial charge is 0.0216 e. The van der Waals surface area contributed by atoms with Crippen molar-refractivity contribution >= 4 is 0 Å². The van der Waals surface area contributed by atoms with Crippen LogP contribution in [0.15, 0.2) is 12.1 Å². The fraction of sp³-hybridized carbons (Fsp3) is 0.700. The highest BCUT2D eigenvalue weighted by atomic mass is 14.2. The Morgan fingerprint density at radius 2 is 1.05 bits per heavy atom. The molecule has 0 spiro atoms. The minimum atomic E-state index is 0. The van der Waals surface area contributed by atoms with E-state index in [9.17, 15) is 0 Å². The summed E-state index contributed by atoms with van der Waals surface area (Å²) in [6.45, 7) is 20.2. The van der Waals surface area contributed by atoms with Crippen molar-refractivity contribution in [1.82, 2.24) is 0 Å². The molecule has 1 aromatic rings. The van der Waals surface area contributed by atoms with Gasteiger partial charge in [0.1, 0.15) is 0 Å². The molecule has 0 amide bonds. The van der Waals surface area contributed by atoms with E-state index >= 15 is 0 Å². The maximum atomic E-state index is 2.40. The number of hydrogen-bond donors (Lipinski definition) is 0. The summed E-state index contributed by atoms with van der Waals surface area (Å²) < 4.78 is 0. The molecule has 0 radical (unpaired) electrons. The summed E-state index contributed by atoms with van der Waals surface area (Å²) in [5.74, 6) is 1.86. The van der Waals surface area contributed by atoms with Gasteiger partial charge in [-0.3, -0.25) is 0 Å². The van der Waals surface area contributed by atoms with Crippen LogP contribution in [0.5, 0.6) is 0 Å². The van der Waals surface area contributed by atoms with Crippen LogP contribution in [0, 0.1) is 6.92 Å². The van der Waals surface area contributed by atoms with Gasteiger partial charge >= 0.3 is 0 Å². The Kier molecular flexibility index (Phi) is 10.8. The molecule has 0 aliphatic heterocycles. The zero-order valence-electron chi connectivity index (χ0n) is 14.6. The lowest BCUT2D eigenvalue weighted by Crippen LogP contribution is -2.03. The molecule has 0 bridgehead atoms. The molecular formula is C20H38. The zero-order valence-corrected chi connectivity index (χ0v) is 14.6. The van der Waals surface area contributed by atoms with Gasteiger partial charge in [0.2, 0.25) is 0 Å². The van der Waals surface area contributed by atoms with Crippen LogP contribution in [0.25, 0.3) is 0 Å².